The van der Waals surface area contributed by atoms with Gasteiger partial charge in [-0.1, -0.05) is 29.8 Å². The van der Waals surface area contributed by atoms with Gasteiger partial charge in [0.1, 0.15) is 15.2 Å². The van der Waals surface area contributed by atoms with E-state index in [0.29, 0.717) is 16.4 Å². The van der Waals surface area contributed by atoms with Gasteiger partial charge in [-0.15, -0.1) is 11.3 Å². The van der Waals surface area contributed by atoms with E-state index in [9.17, 15) is 4.39 Å². The van der Waals surface area contributed by atoms with E-state index in [1.165, 1.54) is 17.4 Å². The highest BCUT2D eigenvalue weighted by atomic mass is 35.5. The lowest BCUT2D eigenvalue weighted by atomic mass is 10.1. The summed E-state index contributed by atoms with van der Waals surface area (Å²) < 4.78 is 14.2. The van der Waals surface area contributed by atoms with Gasteiger partial charge in [0.05, 0.1) is 6.20 Å². The maximum Gasteiger partial charge on any atom is 0.127 e. The van der Waals surface area contributed by atoms with Crippen LogP contribution in [0.5, 0.6) is 0 Å². The molecule has 0 bridgehead atoms. The highest BCUT2D eigenvalue weighted by Gasteiger charge is 2.10. The summed E-state index contributed by atoms with van der Waals surface area (Å²) in [4.78, 5) is 4.13. The van der Waals surface area contributed by atoms with E-state index in [1.807, 2.05) is 13.0 Å². The van der Waals surface area contributed by atoms with Gasteiger partial charge in [0.2, 0.25) is 0 Å². The molecule has 90 valence electrons. The van der Waals surface area contributed by atoms with Crippen molar-refractivity contribution in [3.05, 3.63) is 51.2 Å². The lowest BCUT2D eigenvalue weighted by Gasteiger charge is -2.13. The Morgan fingerprint density at radius 3 is 2.88 bits per heavy atom. The average Bonchev–Trinajstić information content (AvgIpc) is 2.73. The van der Waals surface area contributed by atoms with Crippen LogP contribution in [0, 0.1) is 5.82 Å². The molecule has 2 rings (SSSR count). The van der Waals surface area contributed by atoms with Gasteiger partial charge in [-0.05, 0) is 13.0 Å². The Morgan fingerprint density at radius 2 is 2.24 bits per heavy atom. The molecule has 1 aromatic heterocycles. The number of hydrogen-bond donors (Lipinski definition) is 1. The van der Waals surface area contributed by atoms with Crippen LogP contribution in [0.3, 0.4) is 0 Å². The van der Waals surface area contributed by atoms with Crippen LogP contribution in [-0.2, 0) is 6.54 Å². The van der Waals surface area contributed by atoms with Gasteiger partial charge < -0.3 is 5.32 Å². The molecule has 0 spiro atoms. The fourth-order valence-corrected chi connectivity index (χ4v) is 2.45. The number of nitrogens with one attached hydrogen (secondary N) is 1. The van der Waals surface area contributed by atoms with Gasteiger partial charge >= 0.3 is 0 Å². The summed E-state index contributed by atoms with van der Waals surface area (Å²) in [5, 5.41) is 4.12. The molecule has 0 aliphatic carbocycles. The van der Waals surface area contributed by atoms with Crippen LogP contribution >= 0.6 is 22.9 Å². The quantitative estimate of drug-likeness (QED) is 0.914. The first kappa shape index (κ1) is 12.5. The Bertz CT molecular complexity index is 501. The molecule has 5 heteroatoms. The monoisotopic (exact) mass is 270 g/mol. The van der Waals surface area contributed by atoms with Crippen LogP contribution < -0.4 is 5.32 Å². The third-order valence-corrected chi connectivity index (χ3v) is 3.57. The molecule has 0 amide bonds. The predicted octanol–water partition coefficient (Wildman–Crippen LogP) is 3.79. The van der Waals surface area contributed by atoms with Gasteiger partial charge in [0, 0.05) is 18.2 Å². The minimum atomic E-state index is -0.190. The lowest BCUT2D eigenvalue weighted by molar-refractivity contribution is 0.527. The third-order valence-electron chi connectivity index (χ3n) is 2.46. The largest absolute Gasteiger partial charge is 0.304 e. The number of rotatable bonds is 4. The van der Waals surface area contributed by atoms with E-state index in [0.717, 1.165) is 5.01 Å². The molecule has 0 saturated heterocycles. The standard InChI is InChI=1S/C12H12ClFN2S/c1-8(9-4-2-3-5-10(9)14)15-7-12-16-6-11(13)17-12/h2-6,8,15H,7H2,1H3/t8-/m1/s1. The summed E-state index contributed by atoms with van der Waals surface area (Å²) in [7, 11) is 0. The average molecular weight is 271 g/mol. The topological polar surface area (TPSA) is 24.9 Å². The normalized spacial score (nSPS) is 12.6. The summed E-state index contributed by atoms with van der Waals surface area (Å²) >= 11 is 7.21. The minimum Gasteiger partial charge on any atom is -0.304 e. The number of hydrogen-bond acceptors (Lipinski definition) is 3. The van der Waals surface area contributed by atoms with E-state index < -0.39 is 0 Å². The molecule has 17 heavy (non-hydrogen) atoms. The van der Waals surface area contributed by atoms with Crippen molar-refractivity contribution in [1.82, 2.24) is 10.3 Å². The van der Waals surface area contributed by atoms with Crippen molar-refractivity contribution in [3.8, 4) is 0 Å². The fraction of sp³-hybridized carbons (Fsp3) is 0.250. The van der Waals surface area contributed by atoms with E-state index in [2.05, 4.69) is 10.3 Å². The predicted molar refractivity (Wildman–Crippen MR) is 68.8 cm³/mol. The second kappa shape index (κ2) is 5.58. The first-order valence-corrected chi connectivity index (χ1v) is 6.44. The molecule has 1 heterocycles. The molecule has 1 aromatic carbocycles. The maximum atomic E-state index is 13.5. The van der Waals surface area contributed by atoms with Gasteiger partial charge in [-0.25, -0.2) is 9.37 Å². The minimum absolute atomic E-state index is 0.0566. The number of nitrogens with zero attached hydrogens (tertiary/aromatic N) is 1. The molecular formula is C12H12ClFN2S. The number of thiazole rings is 1. The molecule has 2 aromatic rings. The van der Waals surface area contributed by atoms with Crippen molar-refractivity contribution in [1.29, 1.82) is 0 Å². The van der Waals surface area contributed by atoms with Crippen molar-refractivity contribution in [2.45, 2.75) is 19.5 Å². The van der Waals surface area contributed by atoms with E-state index in [-0.39, 0.29) is 11.9 Å². The summed E-state index contributed by atoms with van der Waals surface area (Å²) in [6.07, 6.45) is 1.62. The van der Waals surface area contributed by atoms with Crippen LogP contribution in [0.2, 0.25) is 4.34 Å². The van der Waals surface area contributed by atoms with Crippen molar-refractivity contribution in [2.24, 2.45) is 0 Å². The number of halogens is 2. The Hall–Kier alpha value is -0.970. The lowest BCUT2D eigenvalue weighted by Crippen LogP contribution is -2.18. The summed E-state index contributed by atoms with van der Waals surface area (Å²) in [5.74, 6) is -0.190. The zero-order valence-electron chi connectivity index (χ0n) is 9.28. The van der Waals surface area contributed by atoms with Crippen LogP contribution in [0.25, 0.3) is 0 Å². The van der Waals surface area contributed by atoms with E-state index in [4.69, 9.17) is 11.6 Å². The summed E-state index contributed by atoms with van der Waals surface area (Å²) in [6, 6.07) is 6.71. The zero-order valence-corrected chi connectivity index (χ0v) is 10.9. The third kappa shape index (κ3) is 3.25. The Kier molecular flexibility index (Phi) is 4.10. The zero-order chi connectivity index (χ0) is 12.3. The first-order valence-electron chi connectivity index (χ1n) is 5.25. The number of benzene rings is 1. The highest BCUT2D eigenvalue weighted by Crippen LogP contribution is 2.20. The van der Waals surface area contributed by atoms with Crippen molar-refractivity contribution in [2.75, 3.05) is 0 Å². The number of aromatic nitrogens is 1. The first-order chi connectivity index (χ1) is 8.16. The highest BCUT2D eigenvalue weighted by molar-refractivity contribution is 7.15. The molecule has 2 nitrogen and oxygen atoms in total. The van der Waals surface area contributed by atoms with Gasteiger partial charge in [-0.3, -0.25) is 0 Å². The Balaban J connectivity index is 1.98. The van der Waals surface area contributed by atoms with E-state index >= 15 is 0 Å². The molecule has 0 fully saturated rings. The van der Waals surface area contributed by atoms with Crippen LogP contribution in [-0.4, -0.2) is 4.98 Å². The van der Waals surface area contributed by atoms with Crippen molar-refractivity contribution >= 4 is 22.9 Å². The molecule has 0 saturated carbocycles. The summed E-state index contributed by atoms with van der Waals surface area (Å²) in [5.41, 5.74) is 0.662. The van der Waals surface area contributed by atoms with Crippen molar-refractivity contribution in [3.63, 3.8) is 0 Å². The van der Waals surface area contributed by atoms with Gasteiger partial charge in [0.15, 0.2) is 0 Å². The molecule has 0 radical (unpaired) electrons. The van der Waals surface area contributed by atoms with Gasteiger partial charge in [0.25, 0.3) is 0 Å². The summed E-state index contributed by atoms with van der Waals surface area (Å²) in [6.45, 7) is 2.51. The molecular weight excluding hydrogens is 259 g/mol. The fourth-order valence-electron chi connectivity index (χ4n) is 1.55. The SMILES string of the molecule is C[C@@H](NCc1ncc(Cl)s1)c1ccccc1F. The Labute approximate surface area is 108 Å². The second-order valence-electron chi connectivity index (χ2n) is 3.68. The van der Waals surface area contributed by atoms with Crippen LogP contribution in [0.15, 0.2) is 30.5 Å². The molecule has 1 atom stereocenters. The smallest absolute Gasteiger partial charge is 0.127 e. The maximum absolute atomic E-state index is 13.5. The van der Waals surface area contributed by atoms with Gasteiger partial charge in [-0.2, -0.15) is 0 Å². The van der Waals surface area contributed by atoms with E-state index in [1.54, 1.807) is 18.3 Å². The second-order valence-corrected chi connectivity index (χ2v) is 5.43. The Morgan fingerprint density at radius 1 is 1.47 bits per heavy atom. The molecule has 0 aliphatic rings. The molecule has 0 unspecified atom stereocenters. The molecule has 0 aliphatic heterocycles. The van der Waals surface area contributed by atoms with Crippen molar-refractivity contribution < 1.29 is 4.39 Å². The molecule has 1 N–H and O–H groups in total. The van der Waals surface area contributed by atoms with Crippen LogP contribution in [0.4, 0.5) is 4.39 Å². The van der Waals surface area contributed by atoms with Crippen LogP contribution in [0.1, 0.15) is 23.5 Å².